The van der Waals surface area contributed by atoms with Crippen LogP contribution in [0.3, 0.4) is 0 Å². The lowest BCUT2D eigenvalue weighted by Gasteiger charge is -2.20. The number of pyridine rings is 1. The van der Waals surface area contributed by atoms with E-state index in [-0.39, 0.29) is 11.9 Å². The average Bonchev–Trinajstić information content (AvgIpc) is 3.39. The van der Waals surface area contributed by atoms with Crippen LogP contribution in [0.5, 0.6) is 0 Å². The number of benzene rings is 1. The summed E-state index contributed by atoms with van der Waals surface area (Å²) >= 11 is 0. The van der Waals surface area contributed by atoms with E-state index in [0.29, 0.717) is 30.5 Å². The van der Waals surface area contributed by atoms with Gasteiger partial charge in [-0.25, -0.2) is 0 Å². The van der Waals surface area contributed by atoms with Crippen molar-refractivity contribution in [1.29, 1.82) is 0 Å². The second-order valence-electron chi connectivity index (χ2n) is 6.89. The number of carbonyl (C=O) groups excluding carboxylic acids is 1. The minimum Gasteiger partial charge on any atom is -0.355 e. The fraction of sp³-hybridized carbons (Fsp3) is 0.333. The monoisotopic (exact) mass is 377 g/mol. The Hall–Kier alpha value is -3.06. The number of hydrogen-bond donors (Lipinski definition) is 1. The minimum atomic E-state index is -0.0233. The highest BCUT2D eigenvalue weighted by Crippen LogP contribution is 2.31. The number of rotatable bonds is 7. The summed E-state index contributed by atoms with van der Waals surface area (Å²) in [6.45, 7) is 1.81. The molecule has 4 rings (SSSR count). The summed E-state index contributed by atoms with van der Waals surface area (Å²) in [6, 6.07) is 15.7. The minimum absolute atomic E-state index is 0.0206. The molecule has 0 aliphatic carbocycles. The lowest BCUT2D eigenvalue weighted by molar-refractivity contribution is -0.122. The van der Waals surface area contributed by atoms with Gasteiger partial charge in [-0.2, -0.15) is 4.98 Å². The van der Waals surface area contributed by atoms with Gasteiger partial charge < -0.3 is 9.84 Å². The summed E-state index contributed by atoms with van der Waals surface area (Å²) in [4.78, 5) is 23.2. The van der Waals surface area contributed by atoms with Crippen molar-refractivity contribution >= 4 is 5.91 Å². The molecule has 0 saturated carbocycles. The van der Waals surface area contributed by atoms with Gasteiger partial charge in [0.2, 0.25) is 17.6 Å². The first kappa shape index (κ1) is 18.3. The third-order valence-electron chi connectivity index (χ3n) is 4.91. The summed E-state index contributed by atoms with van der Waals surface area (Å²) in [5.41, 5.74) is 1.90. The molecule has 1 aromatic carbocycles. The second-order valence-corrected chi connectivity index (χ2v) is 6.89. The van der Waals surface area contributed by atoms with E-state index >= 15 is 0 Å². The van der Waals surface area contributed by atoms with E-state index in [2.05, 4.69) is 37.5 Å². The number of amides is 1. The lowest BCUT2D eigenvalue weighted by atomic mass is 10.1. The number of nitrogens with one attached hydrogen (secondary N) is 1. The zero-order valence-corrected chi connectivity index (χ0v) is 15.6. The van der Waals surface area contributed by atoms with Crippen LogP contribution in [0.15, 0.2) is 59.3 Å². The predicted octanol–water partition coefficient (Wildman–Crippen LogP) is 2.63. The van der Waals surface area contributed by atoms with Crippen LogP contribution in [-0.4, -0.2) is 45.6 Å². The van der Waals surface area contributed by atoms with Crippen LogP contribution in [-0.2, 0) is 11.2 Å². The molecule has 7 nitrogen and oxygen atoms in total. The SMILES string of the molecule is O=C(CN1CCCC1c1nc(-c2ccccn2)no1)NCCc1ccccc1. The standard InChI is InChI=1S/C21H23N5O2/c27-19(23-13-11-16-7-2-1-3-8-16)15-26-14-6-10-18(26)21-24-20(25-28-21)17-9-4-5-12-22-17/h1-5,7-9,12,18H,6,10-11,13-15H2,(H,23,27). The molecule has 1 atom stereocenters. The van der Waals surface area contributed by atoms with Gasteiger partial charge in [-0.3, -0.25) is 14.7 Å². The van der Waals surface area contributed by atoms with Crippen LogP contribution in [0.4, 0.5) is 0 Å². The molecule has 1 unspecified atom stereocenters. The Balaban J connectivity index is 1.32. The molecule has 1 saturated heterocycles. The zero-order chi connectivity index (χ0) is 19.2. The molecule has 2 aromatic heterocycles. The quantitative estimate of drug-likeness (QED) is 0.681. The maximum Gasteiger partial charge on any atom is 0.244 e. The van der Waals surface area contributed by atoms with Crippen LogP contribution in [0.25, 0.3) is 11.5 Å². The summed E-state index contributed by atoms with van der Waals surface area (Å²) < 4.78 is 5.48. The first-order valence-corrected chi connectivity index (χ1v) is 9.59. The molecule has 3 heterocycles. The maximum atomic E-state index is 12.4. The highest BCUT2D eigenvalue weighted by molar-refractivity contribution is 5.78. The predicted molar refractivity (Wildman–Crippen MR) is 104 cm³/mol. The first-order chi connectivity index (χ1) is 13.8. The Morgan fingerprint density at radius 1 is 1.18 bits per heavy atom. The smallest absolute Gasteiger partial charge is 0.244 e. The van der Waals surface area contributed by atoms with Gasteiger partial charge in [0.05, 0.1) is 12.6 Å². The van der Waals surface area contributed by atoms with Crippen LogP contribution in [0, 0.1) is 0 Å². The van der Waals surface area contributed by atoms with E-state index < -0.39 is 0 Å². The third kappa shape index (κ3) is 4.43. The summed E-state index contributed by atoms with van der Waals surface area (Å²) in [7, 11) is 0. The maximum absolute atomic E-state index is 12.4. The molecule has 3 aromatic rings. The molecule has 0 spiro atoms. The average molecular weight is 377 g/mol. The van der Waals surface area contributed by atoms with Crippen molar-refractivity contribution in [3.05, 3.63) is 66.2 Å². The van der Waals surface area contributed by atoms with Crippen LogP contribution in [0.2, 0.25) is 0 Å². The Morgan fingerprint density at radius 2 is 2.04 bits per heavy atom. The summed E-state index contributed by atoms with van der Waals surface area (Å²) in [5, 5.41) is 7.06. The van der Waals surface area contributed by atoms with E-state index in [1.165, 1.54) is 5.56 Å². The van der Waals surface area contributed by atoms with Gasteiger partial charge in [0, 0.05) is 12.7 Å². The highest BCUT2D eigenvalue weighted by Gasteiger charge is 2.32. The molecule has 1 aliphatic rings. The van der Waals surface area contributed by atoms with Crippen molar-refractivity contribution in [3.8, 4) is 11.5 Å². The summed E-state index contributed by atoms with van der Waals surface area (Å²) in [5.74, 6) is 1.05. The molecule has 1 amide bonds. The van der Waals surface area contributed by atoms with Gasteiger partial charge in [0.1, 0.15) is 5.69 Å². The van der Waals surface area contributed by atoms with E-state index in [1.54, 1.807) is 6.20 Å². The number of likely N-dealkylation sites (tertiary alicyclic amines) is 1. The fourth-order valence-electron chi connectivity index (χ4n) is 3.50. The molecule has 144 valence electrons. The molecule has 1 aliphatic heterocycles. The van der Waals surface area contributed by atoms with Crippen molar-refractivity contribution in [3.63, 3.8) is 0 Å². The number of carbonyl (C=O) groups is 1. The normalized spacial score (nSPS) is 16.9. The molecule has 7 heteroatoms. The van der Waals surface area contributed by atoms with Gasteiger partial charge >= 0.3 is 0 Å². The largest absolute Gasteiger partial charge is 0.355 e. The van der Waals surface area contributed by atoms with E-state index in [1.807, 2.05) is 36.4 Å². The molecule has 1 fully saturated rings. The van der Waals surface area contributed by atoms with Gasteiger partial charge in [-0.1, -0.05) is 41.6 Å². The van der Waals surface area contributed by atoms with Gasteiger partial charge in [-0.05, 0) is 43.5 Å². The Bertz CT molecular complexity index is 897. The van der Waals surface area contributed by atoms with Gasteiger partial charge in [0.25, 0.3) is 0 Å². The molecule has 28 heavy (non-hydrogen) atoms. The van der Waals surface area contributed by atoms with Gasteiger partial charge in [-0.15, -0.1) is 0 Å². The Labute approximate surface area is 163 Å². The third-order valence-corrected chi connectivity index (χ3v) is 4.91. The van der Waals surface area contributed by atoms with Crippen LogP contribution < -0.4 is 5.32 Å². The van der Waals surface area contributed by atoms with Crippen molar-refractivity contribution < 1.29 is 9.32 Å². The fourth-order valence-corrected chi connectivity index (χ4v) is 3.50. The second kappa shape index (κ2) is 8.75. The van der Waals surface area contributed by atoms with Crippen molar-refractivity contribution in [2.75, 3.05) is 19.6 Å². The van der Waals surface area contributed by atoms with E-state index in [0.717, 1.165) is 25.8 Å². The van der Waals surface area contributed by atoms with E-state index in [9.17, 15) is 4.79 Å². The van der Waals surface area contributed by atoms with Crippen molar-refractivity contribution in [2.24, 2.45) is 0 Å². The number of aromatic nitrogens is 3. The molecule has 0 bridgehead atoms. The number of hydrogen-bond acceptors (Lipinski definition) is 6. The van der Waals surface area contributed by atoms with Gasteiger partial charge in [0.15, 0.2) is 0 Å². The molecule has 1 N–H and O–H groups in total. The van der Waals surface area contributed by atoms with Crippen molar-refractivity contribution in [1.82, 2.24) is 25.3 Å². The molecular formula is C21H23N5O2. The van der Waals surface area contributed by atoms with Crippen LogP contribution in [0.1, 0.15) is 30.3 Å². The summed E-state index contributed by atoms with van der Waals surface area (Å²) in [6.07, 6.45) is 4.44. The first-order valence-electron chi connectivity index (χ1n) is 9.59. The van der Waals surface area contributed by atoms with Crippen molar-refractivity contribution in [2.45, 2.75) is 25.3 Å². The topological polar surface area (TPSA) is 84.2 Å². The van der Waals surface area contributed by atoms with Crippen LogP contribution >= 0.6 is 0 Å². The highest BCUT2D eigenvalue weighted by atomic mass is 16.5. The Kier molecular flexibility index (Phi) is 5.72. The Morgan fingerprint density at radius 3 is 2.86 bits per heavy atom. The lowest BCUT2D eigenvalue weighted by Crippen LogP contribution is -2.37. The number of nitrogens with zero attached hydrogens (tertiary/aromatic N) is 4. The molecule has 0 radical (unpaired) electrons. The van der Waals surface area contributed by atoms with E-state index in [4.69, 9.17) is 4.52 Å². The zero-order valence-electron chi connectivity index (χ0n) is 15.6. The molecular weight excluding hydrogens is 354 g/mol.